The lowest BCUT2D eigenvalue weighted by atomic mass is 10.2. The van der Waals surface area contributed by atoms with Crippen LogP contribution in [0.15, 0.2) is 42.5 Å². The van der Waals surface area contributed by atoms with Gasteiger partial charge in [-0.25, -0.2) is 4.39 Å². The summed E-state index contributed by atoms with van der Waals surface area (Å²) in [5.41, 5.74) is 0.866. The molecule has 0 aliphatic heterocycles. The lowest BCUT2D eigenvalue weighted by molar-refractivity contribution is -0.122. The molecule has 0 radical (unpaired) electrons. The Morgan fingerprint density at radius 1 is 1.08 bits per heavy atom. The molecule has 0 aliphatic carbocycles. The zero-order valence-electron chi connectivity index (χ0n) is 14.2. The standard InChI is InChI=1S/C18H18Cl2FN3O2/c1-11(18(26)23-13-5-3-4-12(21)8-13)24(2)10-17(25)22-14-6-7-15(19)16(20)9-14/h3-9,11H,10H2,1-2H3,(H,22,25)(H,23,26). The Bertz CT molecular complexity index is 817. The van der Waals surface area contributed by atoms with Gasteiger partial charge in [-0.05, 0) is 50.4 Å². The highest BCUT2D eigenvalue weighted by Gasteiger charge is 2.20. The summed E-state index contributed by atoms with van der Waals surface area (Å²) in [5, 5.41) is 6.03. The van der Waals surface area contributed by atoms with Crippen molar-refractivity contribution in [1.29, 1.82) is 0 Å². The van der Waals surface area contributed by atoms with Crippen molar-refractivity contribution in [2.75, 3.05) is 24.2 Å². The van der Waals surface area contributed by atoms with E-state index in [1.807, 2.05) is 0 Å². The van der Waals surface area contributed by atoms with Gasteiger partial charge in [-0.15, -0.1) is 0 Å². The van der Waals surface area contributed by atoms with Crippen LogP contribution in [0.4, 0.5) is 15.8 Å². The molecule has 0 saturated heterocycles. The van der Waals surface area contributed by atoms with Gasteiger partial charge in [-0.3, -0.25) is 14.5 Å². The van der Waals surface area contributed by atoms with E-state index in [2.05, 4.69) is 10.6 Å². The highest BCUT2D eigenvalue weighted by Crippen LogP contribution is 2.25. The molecule has 0 bridgehead atoms. The molecular formula is C18H18Cl2FN3O2. The van der Waals surface area contributed by atoms with Gasteiger partial charge in [-0.2, -0.15) is 0 Å². The Kier molecular flexibility index (Phi) is 6.97. The summed E-state index contributed by atoms with van der Waals surface area (Å²) in [6.45, 7) is 1.64. The van der Waals surface area contributed by atoms with Crippen LogP contribution in [0.5, 0.6) is 0 Å². The van der Waals surface area contributed by atoms with Gasteiger partial charge in [0.05, 0.1) is 22.6 Å². The van der Waals surface area contributed by atoms with Crippen molar-refractivity contribution in [2.45, 2.75) is 13.0 Å². The fourth-order valence-corrected chi connectivity index (χ4v) is 2.45. The summed E-state index contributed by atoms with van der Waals surface area (Å²) < 4.78 is 13.2. The van der Waals surface area contributed by atoms with E-state index in [-0.39, 0.29) is 18.4 Å². The van der Waals surface area contributed by atoms with Crippen LogP contribution >= 0.6 is 23.2 Å². The molecule has 0 fully saturated rings. The Morgan fingerprint density at radius 2 is 1.77 bits per heavy atom. The molecule has 2 amide bonds. The summed E-state index contributed by atoms with van der Waals surface area (Å²) in [4.78, 5) is 26.0. The number of amides is 2. The maximum atomic E-state index is 13.2. The third-order valence-electron chi connectivity index (χ3n) is 3.73. The largest absolute Gasteiger partial charge is 0.325 e. The van der Waals surface area contributed by atoms with Gasteiger partial charge in [0.25, 0.3) is 0 Å². The minimum absolute atomic E-state index is 0.0159. The molecule has 0 aromatic heterocycles. The van der Waals surface area contributed by atoms with Crippen molar-refractivity contribution in [3.63, 3.8) is 0 Å². The van der Waals surface area contributed by atoms with E-state index in [1.165, 1.54) is 18.2 Å². The van der Waals surface area contributed by atoms with E-state index >= 15 is 0 Å². The van der Waals surface area contributed by atoms with Crippen molar-refractivity contribution < 1.29 is 14.0 Å². The molecule has 2 N–H and O–H groups in total. The molecular weight excluding hydrogens is 380 g/mol. The van der Waals surface area contributed by atoms with Gasteiger partial charge >= 0.3 is 0 Å². The molecule has 1 unspecified atom stereocenters. The number of carbonyl (C=O) groups is 2. The van der Waals surface area contributed by atoms with Crippen LogP contribution in [0, 0.1) is 5.82 Å². The van der Waals surface area contributed by atoms with Crippen LogP contribution in [-0.2, 0) is 9.59 Å². The molecule has 138 valence electrons. The normalized spacial score (nSPS) is 11.9. The molecule has 8 heteroatoms. The number of benzene rings is 2. The average Bonchev–Trinajstić information content (AvgIpc) is 2.57. The van der Waals surface area contributed by atoms with Gasteiger partial charge in [0.1, 0.15) is 5.82 Å². The second-order valence-electron chi connectivity index (χ2n) is 5.77. The molecule has 1 atom stereocenters. The van der Waals surface area contributed by atoms with Crippen molar-refractivity contribution in [3.05, 3.63) is 58.3 Å². The van der Waals surface area contributed by atoms with E-state index in [1.54, 1.807) is 43.1 Å². The first-order valence-corrected chi connectivity index (χ1v) is 8.53. The number of anilines is 2. The minimum Gasteiger partial charge on any atom is -0.325 e. The number of carbonyl (C=O) groups excluding carboxylic acids is 2. The molecule has 0 saturated carbocycles. The monoisotopic (exact) mass is 397 g/mol. The predicted octanol–water partition coefficient (Wildman–Crippen LogP) is 4.03. The molecule has 26 heavy (non-hydrogen) atoms. The lowest BCUT2D eigenvalue weighted by Gasteiger charge is -2.23. The Hall–Kier alpha value is -2.15. The first-order valence-electron chi connectivity index (χ1n) is 7.78. The fraction of sp³-hybridized carbons (Fsp3) is 0.222. The SMILES string of the molecule is CC(C(=O)Nc1cccc(F)c1)N(C)CC(=O)Nc1ccc(Cl)c(Cl)c1. The molecule has 0 spiro atoms. The van der Waals surface area contributed by atoms with Crippen LogP contribution in [-0.4, -0.2) is 36.3 Å². The Morgan fingerprint density at radius 3 is 2.42 bits per heavy atom. The maximum Gasteiger partial charge on any atom is 0.241 e. The van der Waals surface area contributed by atoms with Crippen LogP contribution in [0.25, 0.3) is 0 Å². The topological polar surface area (TPSA) is 61.4 Å². The van der Waals surface area contributed by atoms with E-state index in [0.717, 1.165) is 0 Å². The second kappa shape index (κ2) is 8.98. The fourth-order valence-electron chi connectivity index (χ4n) is 2.15. The highest BCUT2D eigenvalue weighted by molar-refractivity contribution is 6.42. The number of halogens is 3. The van der Waals surface area contributed by atoms with E-state index in [4.69, 9.17) is 23.2 Å². The van der Waals surface area contributed by atoms with Crippen LogP contribution < -0.4 is 10.6 Å². The lowest BCUT2D eigenvalue weighted by Crippen LogP contribution is -2.43. The minimum atomic E-state index is -0.599. The second-order valence-corrected chi connectivity index (χ2v) is 6.58. The molecule has 2 aromatic carbocycles. The maximum absolute atomic E-state index is 13.2. The molecule has 0 aliphatic rings. The van der Waals surface area contributed by atoms with Crippen LogP contribution in [0.2, 0.25) is 10.0 Å². The summed E-state index contributed by atoms with van der Waals surface area (Å²) in [6.07, 6.45) is 0. The van der Waals surface area contributed by atoms with Gasteiger partial charge < -0.3 is 10.6 Å². The summed E-state index contributed by atoms with van der Waals surface area (Å²) in [6, 6.07) is 9.76. The van der Waals surface area contributed by atoms with E-state index in [0.29, 0.717) is 21.4 Å². The van der Waals surface area contributed by atoms with Crippen molar-refractivity contribution in [3.8, 4) is 0 Å². The summed E-state index contributed by atoms with van der Waals surface area (Å²) in [5.74, 6) is -1.10. The number of rotatable bonds is 6. The number of hydrogen-bond donors (Lipinski definition) is 2. The number of hydrogen-bond acceptors (Lipinski definition) is 3. The van der Waals surface area contributed by atoms with E-state index in [9.17, 15) is 14.0 Å². The summed E-state index contributed by atoms with van der Waals surface area (Å²) >= 11 is 11.7. The number of nitrogens with one attached hydrogen (secondary N) is 2. The zero-order valence-corrected chi connectivity index (χ0v) is 15.7. The predicted molar refractivity (Wildman–Crippen MR) is 102 cm³/mol. The van der Waals surface area contributed by atoms with Gasteiger partial charge in [0.2, 0.25) is 11.8 Å². The highest BCUT2D eigenvalue weighted by atomic mass is 35.5. The molecule has 2 aromatic rings. The smallest absolute Gasteiger partial charge is 0.241 e. The third kappa shape index (κ3) is 5.69. The quantitative estimate of drug-likeness (QED) is 0.773. The molecule has 0 heterocycles. The third-order valence-corrected chi connectivity index (χ3v) is 4.47. The van der Waals surface area contributed by atoms with Crippen molar-refractivity contribution in [2.24, 2.45) is 0 Å². The Labute approximate surface area is 161 Å². The van der Waals surface area contributed by atoms with Gasteiger partial charge in [0, 0.05) is 11.4 Å². The average molecular weight is 398 g/mol. The Balaban J connectivity index is 1.90. The zero-order chi connectivity index (χ0) is 19.3. The van der Waals surface area contributed by atoms with E-state index < -0.39 is 11.9 Å². The molecule has 2 rings (SSSR count). The summed E-state index contributed by atoms with van der Waals surface area (Å²) in [7, 11) is 1.64. The first-order chi connectivity index (χ1) is 12.3. The van der Waals surface area contributed by atoms with Gasteiger partial charge in [0.15, 0.2) is 0 Å². The van der Waals surface area contributed by atoms with Crippen LogP contribution in [0.1, 0.15) is 6.92 Å². The van der Waals surface area contributed by atoms with Crippen molar-refractivity contribution in [1.82, 2.24) is 4.90 Å². The first kappa shape index (κ1) is 20.2. The number of likely N-dealkylation sites (N-methyl/N-ethyl adjacent to an activating group) is 1. The van der Waals surface area contributed by atoms with Gasteiger partial charge in [-0.1, -0.05) is 29.3 Å². The van der Waals surface area contributed by atoms with Crippen molar-refractivity contribution >= 4 is 46.4 Å². The van der Waals surface area contributed by atoms with Crippen LogP contribution in [0.3, 0.4) is 0 Å². The molecule has 5 nitrogen and oxygen atoms in total. The number of nitrogens with zero attached hydrogens (tertiary/aromatic N) is 1.